The monoisotopic (exact) mass is 1070 g/mol. The van der Waals surface area contributed by atoms with E-state index in [4.69, 9.17) is 0 Å². The van der Waals surface area contributed by atoms with Crippen molar-refractivity contribution in [3.05, 3.63) is 218 Å². The zero-order valence-electron chi connectivity index (χ0n) is 36.9. The highest BCUT2D eigenvalue weighted by Gasteiger charge is 2.53. The summed E-state index contributed by atoms with van der Waals surface area (Å²) in [5, 5.41) is 23.0. The van der Waals surface area contributed by atoms with E-state index in [9.17, 15) is 63.2 Å². The first-order chi connectivity index (χ1) is 34.8. The molecule has 7 rings (SSSR count). The van der Waals surface area contributed by atoms with Crippen LogP contribution in [0.5, 0.6) is 0 Å². The van der Waals surface area contributed by atoms with Gasteiger partial charge in [0.15, 0.2) is 69.8 Å². The maximum atomic E-state index is 15.4. The van der Waals surface area contributed by atoms with Crippen LogP contribution in [0.25, 0.3) is 0 Å². The van der Waals surface area contributed by atoms with E-state index in [1.54, 1.807) is 0 Å². The Morgan fingerprint density at radius 2 is 0.541 bits per heavy atom. The molecule has 0 heterocycles. The molecule has 0 saturated carbocycles. The highest BCUT2D eigenvalue weighted by molar-refractivity contribution is 7.95. The molecule has 0 radical (unpaired) electrons. The minimum atomic E-state index is -7.22. The molecule has 0 fully saturated rings. The standard InChI is InChI=1S/C26H24N2P.C24BF20/c1-21(2)26(22(18-27)19-28)20-29(23-12-6-3-7-13-23,24-14-8-4-9-15-24)25-16-10-5-11-17-25;26-5-1(6(27)14(35)21(42)13(5)34)25(2-7(28)15(36)22(43)16(37)8(2)29,3-9(30)17(38)23(44)18(39)10(3)31)4-11(32)19(40)24(45)20(41)12(4)33/h3-17,21H,20H2,1-2H3;/q+1;-1. The van der Waals surface area contributed by atoms with Gasteiger partial charge in [-0.05, 0) is 47.9 Å². The molecular formula is C50H24BF20N2P. The summed E-state index contributed by atoms with van der Waals surface area (Å²) < 4.78 is 294. The Hall–Kier alpha value is -7.65. The van der Waals surface area contributed by atoms with Crippen molar-refractivity contribution in [2.75, 3.05) is 6.16 Å². The minimum Gasteiger partial charge on any atom is -0.207 e. The number of nitriles is 2. The third kappa shape index (κ3) is 8.80. The molecule has 0 unspecified atom stereocenters. The van der Waals surface area contributed by atoms with Crippen molar-refractivity contribution in [1.29, 1.82) is 10.5 Å². The quantitative estimate of drug-likeness (QED) is 0.0342. The molecule has 7 aromatic rings. The number of benzene rings is 7. The molecule has 2 nitrogen and oxygen atoms in total. The molecule has 7 aromatic carbocycles. The van der Waals surface area contributed by atoms with E-state index >= 15 is 35.1 Å². The molecule has 0 amide bonds. The van der Waals surface area contributed by atoms with Gasteiger partial charge in [-0.25, -0.2) is 87.8 Å². The zero-order chi connectivity index (χ0) is 55.0. The number of nitrogens with zero attached hydrogens (tertiary/aromatic N) is 2. The van der Waals surface area contributed by atoms with Gasteiger partial charge in [0.1, 0.15) is 93.6 Å². The number of hydrogen-bond donors (Lipinski definition) is 0. The van der Waals surface area contributed by atoms with Crippen LogP contribution in [-0.4, -0.2) is 12.3 Å². The van der Waals surface area contributed by atoms with Gasteiger partial charge < -0.3 is 0 Å². The lowest BCUT2D eigenvalue weighted by Gasteiger charge is -2.44. The number of hydrogen-bond acceptors (Lipinski definition) is 2. The summed E-state index contributed by atoms with van der Waals surface area (Å²) in [5.41, 5.74) is -13.2. The van der Waals surface area contributed by atoms with Crippen molar-refractivity contribution in [2.24, 2.45) is 5.92 Å². The predicted octanol–water partition coefficient (Wildman–Crippen LogP) is 10.8. The molecule has 0 atom stereocenters. The van der Waals surface area contributed by atoms with Crippen molar-refractivity contribution in [1.82, 2.24) is 0 Å². The molecule has 0 spiro atoms. The summed E-state index contributed by atoms with van der Waals surface area (Å²) in [6.45, 7) is 4.14. The number of rotatable bonds is 10. The lowest BCUT2D eigenvalue weighted by Crippen LogP contribution is -2.81. The first-order valence-electron chi connectivity index (χ1n) is 20.6. The molecule has 0 N–H and O–H groups in total. The Balaban J connectivity index is 0.000000265. The summed E-state index contributed by atoms with van der Waals surface area (Å²) in [6.07, 6.45) is -6.54. The van der Waals surface area contributed by atoms with Crippen LogP contribution in [0, 0.1) is 145 Å². The van der Waals surface area contributed by atoms with E-state index in [2.05, 4.69) is 98.8 Å². The van der Waals surface area contributed by atoms with Crippen LogP contribution in [0.4, 0.5) is 87.8 Å². The average molecular weight is 1070 g/mol. The normalized spacial score (nSPS) is 11.5. The first kappa shape index (κ1) is 55.7. The summed E-state index contributed by atoms with van der Waals surface area (Å²) in [5.74, 6) is -71.3. The third-order valence-corrected chi connectivity index (χ3v) is 16.3. The van der Waals surface area contributed by atoms with Gasteiger partial charge in [0.25, 0.3) is 0 Å². The van der Waals surface area contributed by atoms with Gasteiger partial charge >= 0.3 is 0 Å². The van der Waals surface area contributed by atoms with Gasteiger partial charge in [-0.2, -0.15) is 10.5 Å². The van der Waals surface area contributed by atoms with Crippen LogP contribution < -0.4 is 37.8 Å². The van der Waals surface area contributed by atoms with E-state index in [1.807, 2.05) is 18.2 Å². The second kappa shape index (κ2) is 21.4. The van der Waals surface area contributed by atoms with Crippen LogP contribution in [-0.2, 0) is 0 Å². The van der Waals surface area contributed by atoms with E-state index in [-0.39, 0.29) is 11.5 Å². The molecule has 24 heteroatoms. The molecule has 0 aromatic heterocycles. The van der Waals surface area contributed by atoms with Gasteiger partial charge in [0.05, 0.1) is 6.16 Å². The highest BCUT2D eigenvalue weighted by Crippen LogP contribution is 2.57. The Bertz CT molecular complexity index is 2980. The highest BCUT2D eigenvalue weighted by atomic mass is 31.2. The second-order valence-electron chi connectivity index (χ2n) is 16.1. The van der Waals surface area contributed by atoms with Crippen LogP contribution in [0.15, 0.2) is 102 Å². The van der Waals surface area contributed by atoms with Gasteiger partial charge in [0, 0.05) is 0 Å². The fourth-order valence-electron chi connectivity index (χ4n) is 8.62. The van der Waals surface area contributed by atoms with Gasteiger partial charge in [0.2, 0.25) is 0 Å². The molecular weight excluding hydrogens is 1050 g/mol. The zero-order valence-corrected chi connectivity index (χ0v) is 37.8. The Morgan fingerprint density at radius 3 is 0.716 bits per heavy atom. The van der Waals surface area contributed by atoms with E-state index in [0.29, 0.717) is 6.16 Å². The second-order valence-corrected chi connectivity index (χ2v) is 19.5. The third-order valence-electron chi connectivity index (χ3n) is 11.9. The smallest absolute Gasteiger partial charge is 0.200 e. The summed E-state index contributed by atoms with van der Waals surface area (Å²) in [4.78, 5) is 0. The number of halogens is 20. The van der Waals surface area contributed by atoms with Crippen LogP contribution in [0.3, 0.4) is 0 Å². The van der Waals surface area contributed by atoms with Gasteiger partial charge in [-0.15, -0.1) is 21.9 Å². The fraction of sp³-hybridized carbons (Fsp3) is 0.0800. The largest absolute Gasteiger partial charge is 0.207 e. The van der Waals surface area contributed by atoms with Crippen molar-refractivity contribution in [3.63, 3.8) is 0 Å². The number of allylic oxidation sites excluding steroid dienone is 2. The van der Waals surface area contributed by atoms with Crippen LogP contribution in [0.1, 0.15) is 13.8 Å². The predicted molar refractivity (Wildman–Crippen MR) is 232 cm³/mol. The van der Waals surface area contributed by atoms with E-state index in [0.717, 1.165) is 5.57 Å². The van der Waals surface area contributed by atoms with E-state index < -0.39 is 152 Å². The molecule has 74 heavy (non-hydrogen) atoms. The lowest BCUT2D eigenvalue weighted by molar-refractivity contribution is 0.378. The molecule has 0 aliphatic rings. The molecule has 0 aliphatic carbocycles. The van der Waals surface area contributed by atoms with Crippen molar-refractivity contribution in [2.45, 2.75) is 13.8 Å². The first-order valence-corrected chi connectivity index (χ1v) is 22.6. The Labute approximate surface area is 405 Å². The summed E-state index contributed by atoms with van der Waals surface area (Å²) >= 11 is 0. The SMILES string of the molecule is CC(C)C(C[P+](c1ccccc1)(c1ccccc1)c1ccccc1)=C(C#N)C#N.Fc1c(F)c(F)c([B-](c2c(F)c(F)c(F)c(F)c2F)(c2c(F)c(F)c(F)c(F)c2F)c2c(F)c(F)c(F)c(F)c2F)c(F)c1F. The Kier molecular flexibility index (Phi) is 16.1. The topological polar surface area (TPSA) is 47.6 Å². The van der Waals surface area contributed by atoms with Gasteiger partial charge in [-0.3, -0.25) is 0 Å². The summed E-state index contributed by atoms with van der Waals surface area (Å²) in [6, 6.07) is 35.9. The fourth-order valence-corrected chi connectivity index (χ4v) is 13.1. The molecule has 382 valence electrons. The van der Waals surface area contributed by atoms with Crippen molar-refractivity contribution < 1.29 is 87.8 Å². The molecule has 0 saturated heterocycles. The average Bonchev–Trinajstić information content (AvgIpc) is 3.40. The van der Waals surface area contributed by atoms with Crippen LogP contribution in [0.2, 0.25) is 0 Å². The van der Waals surface area contributed by atoms with Gasteiger partial charge in [-0.1, -0.05) is 68.4 Å². The maximum Gasteiger partial charge on any atom is 0.200 e. The maximum absolute atomic E-state index is 15.4. The van der Waals surface area contributed by atoms with E-state index in [1.165, 1.54) is 15.9 Å². The Morgan fingerprint density at radius 1 is 0.351 bits per heavy atom. The van der Waals surface area contributed by atoms with Crippen molar-refractivity contribution in [3.8, 4) is 12.1 Å². The van der Waals surface area contributed by atoms with Crippen LogP contribution >= 0.6 is 7.26 Å². The molecule has 0 bridgehead atoms. The lowest BCUT2D eigenvalue weighted by atomic mass is 9.12. The summed E-state index contributed by atoms with van der Waals surface area (Å²) in [7, 11) is -2.10. The minimum absolute atomic E-state index is 0.111. The molecule has 0 aliphatic heterocycles. The van der Waals surface area contributed by atoms with Crippen molar-refractivity contribution >= 4 is 51.2 Å².